The van der Waals surface area contributed by atoms with Crippen LogP contribution < -0.4 is 9.20 Å². The zero-order chi connectivity index (χ0) is 11.2. The fourth-order valence-electron chi connectivity index (χ4n) is 1.19. The van der Waals surface area contributed by atoms with Gasteiger partial charge in [-0.05, 0) is 0 Å². The molecule has 0 aliphatic carbocycles. The van der Waals surface area contributed by atoms with E-state index < -0.39 is 0 Å². The summed E-state index contributed by atoms with van der Waals surface area (Å²) in [5, 5.41) is 0. The summed E-state index contributed by atoms with van der Waals surface area (Å²) < 4.78 is 6.23. The molecule has 3 heteroatoms. The van der Waals surface area contributed by atoms with Crippen molar-refractivity contribution in [2.45, 2.75) is 0 Å². The molecule has 0 bridgehead atoms. The number of carbonyl (C=O) groups excluding carboxylic acids is 1. The first kappa shape index (κ1) is 10.9. The molecule has 16 heavy (non-hydrogen) atoms. The molecule has 0 saturated heterocycles. The summed E-state index contributed by atoms with van der Waals surface area (Å²) in [5.41, 5.74) is 0. The molecule has 0 atom stereocenters. The summed E-state index contributed by atoms with van der Waals surface area (Å²) in [6.45, 7) is 0. The standard InChI is InChI=1S/C13H10O2Se/c14-13(15-11-7-3-1-4-8-11)16-12-9-5-2-6-10-12/h1-10H. The van der Waals surface area contributed by atoms with E-state index in [0.717, 1.165) is 4.46 Å². The van der Waals surface area contributed by atoms with E-state index in [0.29, 0.717) is 5.75 Å². The van der Waals surface area contributed by atoms with Gasteiger partial charge in [0, 0.05) is 0 Å². The van der Waals surface area contributed by atoms with Gasteiger partial charge in [-0.1, -0.05) is 0 Å². The Balaban J connectivity index is 1.95. The Kier molecular flexibility index (Phi) is 3.75. The van der Waals surface area contributed by atoms with E-state index in [-0.39, 0.29) is 19.8 Å². The average Bonchev–Trinajstić information content (AvgIpc) is 2.31. The van der Waals surface area contributed by atoms with Crippen LogP contribution >= 0.6 is 0 Å². The Morgan fingerprint density at radius 1 is 0.875 bits per heavy atom. The monoisotopic (exact) mass is 278 g/mol. The van der Waals surface area contributed by atoms with E-state index in [1.54, 1.807) is 12.1 Å². The third-order valence-electron chi connectivity index (χ3n) is 1.89. The first-order chi connectivity index (χ1) is 7.84. The maximum atomic E-state index is 11.6. The summed E-state index contributed by atoms with van der Waals surface area (Å²) in [7, 11) is 0. The molecule has 2 aromatic rings. The van der Waals surface area contributed by atoms with Crippen molar-refractivity contribution < 1.29 is 9.53 Å². The SMILES string of the molecule is O=C(Oc1ccccc1)[Se]c1ccccc1. The molecule has 2 rings (SSSR count). The number of para-hydroxylation sites is 1. The van der Waals surface area contributed by atoms with Gasteiger partial charge in [0.2, 0.25) is 0 Å². The second-order valence-electron chi connectivity index (χ2n) is 3.08. The summed E-state index contributed by atoms with van der Waals surface area (Å²) in [6.07, 6.45) is 0. The van der Waals surface area contributed by atoms with Crippen molar-refractivity contribution >= 4 is 24.3 Å². The molecular weight excluding hydrogens is 267 g/mol. The molecule has 0 aliphatic rings. The topological polar surface area (TPSA) is 26.3 Å². The van der Waals surface area contributed by atoms with Crippen LogP contribution in [0, 0.1) is 0 Å². The van der Waals surface area contributed by atoms with Gasteiger partial charge in [0.05, 0.1) is 0 Å². The Hall–Kier alpha value is -1.57. The molecule has 0 N–H and O–H groups in total. The van der Waals surface area contributed by atoms with Crippen LogP contribution in [0.25, 0.3) is 0 Å². The van der Waals surface area contributed by atoms with E-state index in [1.807, 2.05) is 48.5 Å². The van der Waals surface area contributed by atoms with Gasteiger partial charge >= 0.3 is 100 Å². The Bertz CT molecular complexity index is 410. The van der Waals surface area contributed by atoms with Crippen molar-refractivity contribution in [3.8, 4) is 5.75 Å². The van der Waals surface area contributed by atoms with E-state index >= 15 is 0 Å². The van der Waals surface area contributed by atoms with Crippen LogP contribution in [0.2, 0.25) is 0 Å². The van der Waals surface area contributed by atoms with Crippen molar-refractivity contribution in [2.75, 3.05) is 0 Å². The molecule has 2 aromatic carbocycles. The number of carbonyl (C=O) groups is 1. The Morgan fingerprint density at radius 3 is 2.06 bits per heavy atom. The van der Waals surface area contributed by atoms with Crippen LogP contribution in [0.1, 0.15) is 0 Å². The fourth-order valence-corrected chi connectivity index (χ4v) is 2.50. The van der Waals surface area contributed by atoms with Gasteiger partial charge in [-0.3, -0.25) is 0 Å². The van der Waals surface area contributed by atoms with Gasteiger partial charge in [0.1, 0.15) is 0 Å². The van der Waals surface area contributed by atoms with Crippen LogP contribution in [0.4, 0.5) is 4.79 Å². The van der Waals surface area contributed by atoms with Gasteiger partial charge in [-0.2, -0.15) is 0 Å². The predicted octanol–water partition coefficient (Wildman–Crippen LogP) is 2.22. The van der Waals surface area contributed by atoms with Crippen LogP contribution in [-0.4, -0.2) is 19.8 Å². The Morgan fingerprint density at radius 2 is 1.44 bits per heavy atom. The van der Waals surface area contributed by atoms with Crippen molar-refractivity contribution in [3.63, 3.8) is 0 Å². The van der Waals surface area contributed by atoms with Crippen molar-refractivity contribution in [3.05, 3.63) is 60.7 Å². The average molecular weight is 277 g/mol. The fraction of sp³-hybridized carbons (Fsp3) is 0. The van der Waals surface area contributed by atoms with Gasteiger partial charge in [0.15, 0.2) is 0 Å². The second kappa shape index (κ2) is 5.50. The molecule has 80 valence electrons. The zero-order valence-electron chi connectivity index (χ0n) is 8.50. The molecule has 0 radical (unpaired) electrons. The molecule has 2 nitrogen and oxygen atoms in total. The summed E-state index contributed by atoms with van der Waals surface area (Å²) in [5.74, 6) is 0.602. The van der Waals surface area contributed by atoms with E-state index in [4.69, 9.17) is 4.74 Å². The predicted molar refractivity (Wildman–Crippen MR) is 64.3 cm³/mol. The number of hydrogen-bond donors (Lipinski definition) is 0. The van der Waals surface area contributed by atoms with Crippen molar-refractivity contribution in [2.24, 2.45) is 0 Å². The number of hydrogen-bond acceptors (Lipinski definition) is 2. The van der Waals surface area contributed by atoms with Crippen LogP contribution in [0.15, 0.2) is 60.7 Å². The molecule has 0 unspecified atom stereocenters. The zero-order valence-corrected chi connectivity index (χ0v) is 10.2. The van der Waals surface area contributed by atoms with Crippen molar-refractivity contribution in [1.29, 1.82) is 0 Å². The molecule has 0 fully saturated rings. The third kappa shape index (κ3) is 3.23. The number of ether oxygens (including phenoxy) is 1. The summed E-state index contributed by atoms with van der Waals surface area (Å²) in [4.78, 5) is 11.4. The molecule has 0 amide bonds. The van der Waals surface area contributed by atoms with E-state index in [9.17, 15) is 4.79 Å². The molecular formula is C13H10O2Se. The van der Waals surface area contributed by atoms with Gasteiger partial charge in [0.25, 0.3) is 0 Å². The van der Waals surface area contributed by atoms with E-state index in [1.165, 1.54) is 0 Å². The maximum absolute atomic E-state index is 11.6. The minimum atomic E-state index is -0.281. The minimum absolute atomic E-state index is 0.176. The Labute approximate surface area is 100 Å². The first-order valence-corrected chi connectivity index (χ1v) is 6.56. The van der Waals surface area contributed by atoms with Gasteiger partial charge < -0.3 is 0 Å². The molecule has 0 heterocycles. The molecule has 0 aliphatic heterocycles. The summed E-state index contributed by atoms with van der Waals surface area (Å²) in [6, 6.07) is 18.8. The first-order valence-electron chi connectivity index (χ1n) is 4.84. The molecule has 0 aromatic heterocycles. The third-order valence-corrected chi connectivity index (χ3v) is 3.48. The van der Waals surface area contributed by atoms with Crippen LogP contribution in [0.5, 0.6) is 5.75 Å². The second-order valence-corrected chi connectivity index (χ2v) is 5.20. The summed E-state index contributed by atoms with van der Waals surface area (Å²) >= 11 is -0.281. The van der Waals surface area contributed by atoms with Gasteiger partial charge in [-0.25, -0.2) is 0 Å². The van der Waals surface area contributed by atoms with Crippen LogP contribution in [0.3, 0.4) is 0 Å². The van der Waals surface area contributed by atoms with E-state index in [2.05, 4.69) is 0 Å². The normalized spacial score (nSPS) is 9.75. The van der Waals surface area contributed by atoms with Gasteiger partial charge in [-0.15, -0.1) is 0 Å². The molecule has 0 saturated carbocycles. The quantitative estimate of drug-likeness (QED) is 0.804. The number of rotatable bonds is 3. The molecule has 0 spiro atoms. The van der Waals surface area contributed by atoms with Crippen molar-refractivity contribution in [1.82, 2.24) is 0 Å². The number of benzene rings is 2. The van der Waals surface area contributed by atoms with Crippen LogP contribution in [-0.2, 0) is 0 Å².